The SMILES string of the molecule is CCC1(C(=O)O)CCCN(C(=O)C2CCC(C)O2)C1. The van der Waals surface area contributed by atoms with E-state index in [0.29, 0.717) is 25.9 Å². The van der Waals surface area contributed by atoms with E-state index in [0.717, 1.165) is 19.3 Å². The Balaban J connectivity index is 2.04. The molecule has 0 bridgehead atoms. The Morgan fingerprint density at radius 3 is 2.68 bits per heavy atom. The first-order chi connectivity index (χ1) is 8.98. The van der Waals surface area contributed by atoms with Crippen LogP contribution in [0, 0.1) is 5.41 Å². The smallest absolute Gasteiger partial charge is 0.311 e. The van der Waals surface area contributed by atoms with Crippen LogP contribution in [0.1, 0.15) is 46.0 Å². The monoisotopic (exact) mass is 269 g/mol. The van der Waals surface area contributed by atoms with Gasteiger partial charge < -0.3 is 14.7 Å². The summed E-state index contributed by atoms with van der Waals surface area (Å²) in [5, 5.41) is 9.43. The van der Waals surface area contributed by atoms with E-state index in [1.807, 2.05) is 13.8 Å². The molecular formula is C14H23NO4. The first-order valence-corrected chi connectivity index (χ1v) is 7.16. The summed E-state index contributed by atoms with van der Waals surface area (Å²) < 4.78 is 5.60. The first-order valence-electron chi connectivity index (χ1n) is 7.16. The topological polar surface area (TPSA) is 66.8 Å². The molecule has 2 aliphatic heterocycles. The van der Waals surface area contributed by atoms with Crippen molar-refractivity contribution < 1.29 is 19.4 Å². The number of amides is 1. The van der Waals surface area contributed by atoms with Gasteiger partial charge in [0.1, 0.15) is 6.10 Å². The predicted molar refractivity (Wildman–Crippen MR) is 69.7 cm³/mol. The molecule has 0 aromatic heterocycles. The van der Waals surface area contributed by atoms with E-state index >= 15 is 0 Å². The van der Waals surface area contributed by atoms with Gasteiger partial charge in [0.2, 0.25) is 0 Å². The summed E-state index contributed by atoms with van der Waals surface area (Å²) in [6.45, 7) is 4.83. The van der Waals surface area contributed by atoms with Crippen molar-refractivity contribution in [2.45, 2.75) is 58.2 Å². The maximum absolute atomic E-state index is 12.4. The molecule has 2 fully saturated rings. The van der Waals surface area contributed by atoms with Crippen molar-refractivity contribution in [1.82, 2.24) is 4.90 Å². The molecule has 2 saturated heterocycles. The molecule has 3 unspecified atom stereocenters. The number of hydrogen-bond acceptors (Lipinski definition) is 3. The van der Waals surface area contributed by atoms with E-state index in [2.05, 4.69) is 0 Å². The number of carboxylic acids is 1. The fraction of sp³-hybridized carbons (Fsp3) is 0.857. The molecule has 1 amide bonds. The standard InChI is InChI=1S/C14H23NO4/c1-3-14(13(17)18)7-4-8-15(9-14)12(16)11-6-5-10(2)19-11/h10-11H,3-9H2,1-2H3,(H,17,18). The summed E-state index contributed by atoms with van der Waals surface area (Å²) in [7, 11) is 0. The van der Waals surface area contributed by atoms with Crippen LogP contribution < -0.4 is 0 Å². The van der Waals surface area contributed by atoms with Gasteiger partial charge in [-0.05, 0) is 39.0 Å². The van der Waals surface area contributed by atoms with Crippen LogP contribution in [0.2, 0.25) is 0 Å². The number of piperidine rings is 1. The van der Waals surface area contributed by atoms with Crippen LogP contribution in [0.25, 0.3) is 0 Å². The lowest BCUT2D eigenvalue weighted by Gasteiger charge is -2.40. The van der Waals surface area contributed by atoms with E-state index in [1.165, 1.54) is 0 Å². The molecule has 2 rings (SSSR count). The van der Waals surface area contributed by atoms with Crippen LogP contribution in [0.5, 0.6) is 0 Å². The number of carbonyl (C=O) groups is 2. The number of likely N-dealkylation sites (tertiary alicyclic amines) is 1. The van der Waals surface area contributed by atoms with Gasteiger partial charge in [0.25, 0.3) is 5.91 Å². The fourth-order valence-electron chi connectivity index (χ4n) is 3.12. The number of nitrogens with zero attached hydrogens (tertiary/aromatic N) is 1. The highest BCUT2D eigenvalue weighted by molar-refractivity contribution is 5.83. The highest BCUT2D eigenvalue weighted by Gasteiger charge is 2.43. The maximum atomic E-state index is 12.4. The Morgan fingerprint density at radius 2 is 2.16 bits per heavy atom. The second-order valence-electron chi connectivity index (χ2n) is 5.82. The van der Waals surface area contributed by atoms with Crippen molar-refractivity contribution in [3.63, 3.8) is 0 Å². The average Bonchev–Trinajstić information content (AvgIpc) is 2.84. The fourth-order valence-corrected chi connectivity index (χ4v) is 3.12. The van der Waals surface area contributed by atoms with E-state index in [-0.39, 0.29) is 18.1 Å². The minimum absolute atomic E-state index is 0.0249. The zero-order valence-corrected chi connectivity index (χ0v) is 11.7. The van der Waals surface area contributed by atoms with Crippen LogP contribution in [-0.4, -0.2) is 47.2 Å². The van der Waals surface area contributed by atoms with Gasteiger partial charge in [0.05, 0.1) is 11.5 Å². The van der Waals surface area contributed by atoms with Gasteiger partial charge in [0.15, 0.2) is 0 Å². The Kier molecular flexibility index (Phi) is 4.13. The molecular weight excluding hydrogens is 246 g/mol. The molecule has 0 saturated carbocycles. The van der Waals surface area contributed by atoms with Gasteiger partial charge in [-0.3, -0.25) is 9.59 Å². The van der Waals surface area contributed by atoms with Crippen molar-refractivity contribution in [3.05, 3.63) is 0 Å². The molecule has 108 valence electrons. The Bertz CT molecular complexity index is 370. The number of carbonyl (C=O) groups excluding carboxylic acids is 1. The predicted octanol–water partition coefficient (Wildman–Crippen LogP) is 1.66. The third-order valence-corrected chi connectivity index (χ3v) is 4.53. The van der Waals surface area contributed by atoms with E-state index in [4.69, 9.17) is 4.74 Å². The largest absolute Gasteiger partial charge is 0.481 e. The van der Waals surface area contributed by atoms with E-state index in [9.17, 15) is 14.7 Å². The summed E-state index contributed by atoms with van der Waals surface area (Å²) in [5.41, 5.74) is -0.766. The number of aliphatic carboxylic acids is 1. The summed E-state index contributed by atoms with van der Waals surface area (Å²) in [6.07, 6.45) is 3.41. The highest BCUT2D eigenvalue weighted by Crippen LogP contribution is 2.34. The molecule has 19 heavy (non-hydrogen) atoms. The third-order valence-electron chi connectivity index (χ3n) is 4.53. The molecule has 0 radical (unpaired) electrons. The first kappa shape index (κ1) is 14.3. The molecule has 0 spiro atoms. The zero-order chi connectivity index (χ0) is 14.0. The van der Waals surface area contributed by atoms with Crippen LogP contribution in [0.4, 0.5) is 0 Å². The molecule has 5 heteroatoms. The molecule has 0 aliphatic carbocycles. The van der Waals surface area contributed by atoms with Crippen LogP contribution >= 0.6 is 0 Å². The molecule has 0 aromatic rings. The maximum Gasteiger partial charge on any atom is 0.311 e. The average molecular weight is 269 g/mol. The Labute approximate surface area is 113 Å². The van der Waals surface area contributed by atoms with Crippen molar-refractivity contribution in [2.75, 3.05) is 13.1 Å². The molecule has 2 heterocycles. The van der Waals surface area contributed by atoms with Gasteiger partial charge in [-0.25, -0.2) is 0 Å². The van der Waals surface area contributed by atoms with Crippen molar-refractivity contribution in [3.8, 4) is 0 Å². The van der Waals surface area contributed by atoms with Crippen molar-refractivity contribution in [1.29, 1.82) is 0 Å². The molecule has 2 aliphatic rings. The number of carboxylic acid groups (broad SMARTS) is 1. The van der Waals surface area contributed by atoms with Crippen LogP contribution in [-0.2, 0) is 14.3 Å². The van der Waals surface area contributed by atoms with Gasteiger partial charge in [-0.2, -0.15) is 0 Å². The molecule has 0 aromatic carbocycles. The number of rotatable bonds is 3. The molecule has 3 atom stereocenters. The minimum Gasteiger partial charge on any atom is -0.481 e. The summed E-state index contributed by atoms with van der Waals surface area (Å²) >= 11 is 0. The van der Waals surface area contributed by atoms with Crippen molar-refractivity contribution in [2.24, 2.45) is 5.41 Å². The lowest BCUT2D eigenvalue weighted by atomic mass is 9.77. The van der Waals surface area contributed by atoms with Gasteiger partial charge in [0, 0.05) is 13.1 Å². The lowest BCUT2D eigenvalue weighted by molar-refractivity contribution is -0.158. The highest BCUT2D eigenvalue weighted by atomic mass is 16.5. The van der Waals surface area contributed by atoms with Crippen LogP contribution in [0.15, 0.2) is 0 Å². The van der Waals surface area contributed by atoms with E-state index in [1.54, 1.807) is 4.90 Å². The number of hydrogen-bond donors (Lipinski definition) is 1. The number of ether oxygens (including phenoxy) is 1. The molecule has 1 N–H and O–H groups in total. The van der Waals surface area contributed by atoms with E-state index < -0.39 is 11.4 Å². The van der Waals surface area contributed by atoms with Gasteiger partial charge in [-0.1, -0.05) is 6.92 Å². The third kappa shape index (κ3) is 2.76. The quantitative estimate of drug-likeness (QED) is 0.846. The van der Waals surface area contributed by atoms with Gasteiger partial charge in [-0.15, -0.1) is 0 Å². The Hall–Kier alpha value is -1.10. The molecule has 5 nitrogen and oxygen atoms in total. The van der Waals surface area contributed by atoms with Gasteiger partial charge >= 0.3 is 5.97 Å². The normalized spacial score (nSPS) is 35.4. The zero-order valence-electron chi connectivity index (χ0n) is 11.7. The summed E-state index contributed by atoms with van der Waals surface area (Å²) in [6, 6.07) is 0. The lowest BCUT2D eigenvalue weighted by Crippen LogP contribution is -2.52. The second kappa shape index (κ2) is 5.49. The second-order valence-corrected chi connectivity index (χ2v) is 5.82. The van der Waals surface area contributed by atoms with Crippen molar-refractivity contribution >= 4 is 11.9 Å². The minimum atomic E-state index is -0.784. The Morgan fingerprint density at radius 1 is 1.42 bits per heavy atom. The summed E-state index contributed by atoms with van der Waals surface area (Å²) in [5.74, 6) is -0.809. The van der Waals surface area contributed by atoms with Crippen LogP contribution in [0.3, 0.4) is 0 Å². The summed E-state index contributed by atoms with van der Waals surface area (Å²) in [4.78, 5) is 25.6.